The fourth-order valence-electron chi connectivity index (χ4n) is 2.82. The second-order valence-corrected chi connectivity index (χ2v) is 5.46. The van der Waals surface area contributed by atoms with Crippen molar-refractivity contribution >= 4 is 46.7 Å². The zero-order valence-electron chi connectivity index (χ0n) is 13.7. The molecule has 0 aliphatic carbocycles. The minimum absolute atomic E-state index is 0. The Bertz CT molecular complexity index is 1110. The molecule has 0 fully saturated rings. The van der Waals surface area contributed by atoms with Crippen LogP contribution in [0.3, 0.4) is 0 Å². The minimum atomic E-state index is -2.63. The van der Waals surface area contributed by atoms with Gasteiger partial charge in [-0.15, -0.1) is 0 Å². The Kier molecular flexibility index (Phi) is 4.81. The number of aromatic nitrogens is 3. The van der Waals surface area contributed by atoms with Crippen molar-refractivity contribution in [3.05, 3.63) is 48.5 Å². The van der Waals surface area contributed by atoms with E-state index in [0.29, 0.717) is 22.2 Å². The zero-order chi connectivity index (χ0) is 17.6. The Balaban J connectivity index is 0.00000196. The second kappa shape index (κ2) is 6.90. The summed E-state index contributed by atoms with van der Waals surface area (Å²) >= 11 is 0. The molecule has 3 heterocycles. The van der Waals surface area contributed by atoms with Gasteiger partial charge in [-0.3, -0.25) is 4.68 Å². The molecule has 3 aromatic heterocycles. The Labute approximate surface area is 157 Å². The molecule has 0 amide bonds. The maximum Gasteiger partial charge on any atom is 0.354 e. The first-order chi connectivity index (χ1) is 12.0. The summed E-state index contributed by atoms with van der Waals surface area (Å²) in [5.41, 5.74) is 1.76. The van der Waals surface area contributed by atoms with Crippen molar-refractivity contribution in [3.8, 4) is 11.3 Å². The summed E-state index contributed by atoms with van der Waals surface area (Å²) in [5.74, 6) is -1.23. The Morgan fingerprint density at radius 1 is 1.27 bits per heavy atom. The Hall–Kier alpha value is -2.69. The fourth-order valence-corrected chi connectivity index (χ4v) is 2.82. The molecule has 0 atom stereocenters. The van der Waals surface area contributed by atoms with Crippen LogP contribution in [0, 0.1) is 0 Å². The third-order valence-corrected chi connectivity index (χ3v) is 3.90. The van der Waals surface area contributed by atoms with Gasteiger partial charge in [0, 0.05) is 41.4 Å². The molecule has 0 saturated heterocycles. The van der Waals surface area contributed by atoms with Crippen LogP contribution in [0.2, 0.25) is 0 Å². The average molecular weight is 350 g/mol. The normalized spacial score (nSPS) is 11.2. The summed E-state index contributed by atoms with van der Waals surface area (Å²) in [5, 5.41) is 14.6. The largest absolute Gasteiger partial charge is 0.477 e. The molecule has 0 aliphatic heterocycles. The van der Waals surface area contributed by atoms with Gasteiger partial charge in [0.15, 0.2) is 0 Å². The molecule has 4 rings (SSSR count). The first kappa shape index (κ1) is 18.1. The Morgan fingerprint density at radius 3 is 2.77 bits per heavy atom. The van der Waals surface area contributed by atoms with Crippen LogP contribution in [-0.4, -0.2) is 51.1 Å². The molecule has 6 nitrogen and oxygen atoms in total. The molecule has 1 N–H and O–H groups in total. The summed E-state index contributed by atoms with van der Waals surface area (Å²) in [7, 11) is 0. The maximum atomic E-state index is 12.9. The molecule has 1 radical (unpaired) electrons. The fraction of sp³-hybridized carbons (Fsp3) is 0.118. The number of carbonyl (C=O) groups is 1. The Morgan fingerprint density at radius 2 is 2.04 bits per heavy atom. The SMILES string of the molecule is O=C(O)c1cc2c(cn1)c(-c1coc3ccccc13)nn2CC(F)F.[Li]. The number of nitrogens with zero attached hydrogens (tertiary/aromatic N) is 3. The number of carboxylic acid groups (broad SMARTS) is 1. The molecule has 9 heteroatoms. The van der Waals surface area contributed by atoms with Gasteiger partial charge in [-0.25, -0.2) is 18.6 Å². The van der Waals surface area contributed by atoms with Crippen LogP contribution < -0.4 is 0 Å². The van der Waals surface area contributed by atoms with E-state index in [0.717, 1.165) is 10.1 Å². The number of para-hydroxylation sites is 1. The number of pyridine rings is 1. The summed E-state index contributed by atoms with van der Waals surface area (Å²) in [6.45, 7) is -0.643. The number of hydrogen-bond donors (Lipinski definition) is 1. The van der Waals surface area contributed by atoms with Crippen LogP contribution in [0.4, 0.5) is 8.78 Å². The van der Waals surface area contributed by atoms with E-state index in [2.05, 4.69) is 10.1 Å². The first-order valence-electron chi connectivity index (χ1n) is 7.39. The van der Waals surface area contributed by atoms with Crippen LogP contribution in [0.1, 0.15) is 10.5 Å². The van der Waals surface area contributed by atoms with Gasteiger partial charge in [0.25, 0.3) is 6.43 Å². The quantitative estimate of drug-likeness (QED) is 0.570. The van der Waals surface area contributed by atoms with E-state index >= 15 is 0 Å². The summed E-state index contributed by atoms with van der Waals surface area (Å²) in [4.78, 5) is 15.0. The number of furan rings is 1. The van der Waals surface area contributed by atoms with Crippen molar-refractivity contribution in [2.24, 2.45) is 0 Å². The van der Waals surface area contributed by atoms with Gasteiger partial charge in [-0.2, -0.15) is 5.10 Å². The molecular formula is C17H11F2LiN3O3. The van der Waals surface area contributed by atoms with Gasteiger partial charge in [-0.05, 0) is 12.1 Å². The summed E-state index contributed by atoms with van der Waals surface area (Å²) in [6.07, 6.45) is 0.216. The van der Waals surface area contributed by atoms with Crippen molar-refractivity contribution in [1.29, 1.82) is 0 Å². The van der Waals surface area contributed by atoms with E-state index in [4.69, 9.17) is 9.52 Å². The molecule has 1 aromatic carbocycles. The molecular weight excluding hydrogens is 339 g/mol. The number of hydrogen-bond acceptors (Lipinski definition) is 4. The molecule has 0 saturated carbocycles. The van der Waals surface area contributed by atoms with Gasteiger partial charge in [0.05, 0.1) is 5.52 Å². The van der Waals surface area contributed by atoms with Crippen LogP contribution >= 0.6 is 0 Å². The van der Waals surface area contributed by atoms with Crippen LogP contribution in [0.5, 0.6) is 0 Å². The number of fused-ring (bicyclic) bond motifs is 2. The number of rotatable bonds is 4. The molecule has 127 valence electrons. The van der Waals surface area contributed by atoms with Crippen LogP contribution in [0.25, 0.3) is 33.1 Å². The van der Waals surface area contributed by atoms with Gasteiger partial charge in [-0.1, -0.05) is 18.2 Å². The number of carboxylic acids is 1. The van der Waals surface area contributed by atoms with Crippen LogP contribution in [0.15, 0.2) is 47.2 Å². The van der Waals surface area contributed by atoms with Gasteiger partial charge in [0.1, 0.15) is 29.8 Å². The van der Waals surface area contributed by atoms with E-state index in [1.807, 2.05) is 18.2 Å². The molecule has 0 unspecified atom stereocenters. The first-order valence-corrected chi connectivity index (χ1v) is 7.39. The van der Waals surface area contributed by atoms with Crippen molar-refractivity contribution in [1.82, 2.24) is 14.8 Å². The van der Waals surface area contributed by atoms with Crippen LogP contribution in [-0.2, 0) is 6.54 Å². The predicted molar refractivity (Wildman–Crippen MR) is 91.5 cm³/mol. The van der Waals surface area contributed by atoms with E-state index in [1.54, 1.807) is 6.07 Å². The molecule has 4 aromatic rings. The van der Waals surface area contributed by atoms with E-state index in [-0.39, 0.29) is 30.1 Å². The maximum absolute atomic E-state index is 12.9. The van der Waals surface area contributed by atoms with Gasteiger partial charge >= 0.3 is 5.97 Å². The van der Waals surface area contributed by atoms with E-state index in [1.165, 1.54) is 18.5 Å². The monoisotopic (exact) mass is 350 g/mol. The summed E-state index contributed by atoms with van der Waals surface area (Å²) in [6, 6.07) is 8.53. The predicted octanol–water partition coefficient (Wildman–Crippen LogP) is 3.43. The van der Waals surface area contributed by atoms with Gasteiger partial charge in [0.2, 0.25) is 0 Å². The van der Waals surface area contributed by atoms with Crippen molar-refractivity contribution in [2.75, 3.05) is 0 Å². The minimum Gasteiger partial charge on any atom is -0.477 e. The average Bonchev–Trinajstić information content (AvgIpc) is 3.15. The topological polar surface area (TPSA) is 81.2 Å². The number of aromatic carboxylic acids is 1. The number of alkyl halides is 2. The smallest absolute Gasteiger partial charge is 0.354 e. The number of benzene rings is 1. The third kappa shape index (κ3) is 2.98. The second-order valence-electron chi connectivity index (χ2n) is 5.46. The zero-order valence-corrected chi connectivity index (χ0v) is 13.7. The van der Waals surface area contributed by atoms with Gasteiger partial charge < -0.3 is 9.52 Å². The van der Waals surface area contributed by atoms with Crippen molar-refractivity contribution in [2.45, 2.75) is 13.0 Å². The molecule has 0 bridgehead atoms. The molecule has 0 spiro atoms. The van der Waals surface area contributed by atoms with Crippen molar-refractivity contribution in [3.63, 3.8) is 0 Å². The number of halogens is 2. The summed E-state index contributed by atoms with van der Waals surface area (Å²) < 4.78 is 32.4. The van der Waals surface area contributed by atoms with E-state index < -0.39 is 18.9 Å². The third-order valence-electron chi connectivity index (χ3n) is 3.90. The van der Waals surface area contributed by atoms with E-state index in [9.17, 15) is 13.6 Å². The van der Waals surface area contributed by atoms with Crippen molar-refractivity contribution < 1.29 is 23.1 Å². The standard InChI is InChI=1S/C17H11F2N3O3.Li/c18-15(19)7-22-13-5-12(17(23)24)20-6-10(13)16(21-22)11-8-25-14-4-2-1-3-9(11)14;/h1-6,8,15H,7H2,(H,23,24);. The molecule has 26 heavy (non-hydrogen) atoms. The molecule has 0 aliphatic rings.